The Kier molecular flexibility index (Phi) is 5.87. The van der Waals surface area contributed by atoms with Crippen LogP contribution < -0.4 is 4.74 Å². The molecule has 1 aromatic carbocycles. The maximum Gasteiger partial charge on any atom is 0.410 e. The van der Waals surface area contributed by atoms with E-state index in [2.05, 4.69) is 15.9 Å². The lowest BCUT2D eigenvalue weighted by atomic mass is 10.2. The highest BCUT2D eigenvalue weighted by molar-refractivity contribution is 9.10. The van der Waals surface area contributed by atoms with Gasteiger partial charge in [0.2, 0.25) is 0 Å². The molecule has 0 radical (unpaired) electrons. The number of ether oxygens (including phenoxy) is 2. The molecule has 0 spiro atoms. The molecule has 112 valence electrons. The van der Waals surface area contributed by atoms with E-state index >= 15 is 0 Å². The van der Waals surface area contributed by atoms with E-state index in [1.807, 2.05) is 45.9 Å². The van der Waals surface area contributed by atoms with Crippen LogP contribution >= 0.6 is 15.9 Å². The van der Waals surface area contributed by atoms with Gasteiger partial charge >= 0.3 is 6.09 Å². The average Bonchev–Trinajstić information content (AvgIpc) is 2.33. The highest BCUT2D eigenvalue weighted by Gasteiger charge is 2.22. The van der Waals surface area contributed by atoms with Crippen molar-refractivity contribution in [2.45, 2.75) is 39.8 Å². The fourth-order valence-corrected chi connectivity index (χ4v) is 2.31. The quantitative estimate of drug-likeness (QED) is 0.821. The van der Waals surface area contributed by atoms with E-state index in [9.17, 15) is 4.79 Å². The molecule has 0 heterocycles. The molecule has 4 nitrogen and oxygen atoms in total. The Morgan fingerprint density at radius 2 is 2.00 bits per heavy atom. The van der Waals surface area contributed by atoms with Crippen molar-refractivity contribution in [2.24, 2.45) is 0 Å². The Labute approximate surface area is 129 Å². The molecule has 0 unspecified atom stereocenters. The van der Waals surface area contributed by atoms with Crippen LogP contribution in [0.5, 0.6) is 5.75 Å². The minimum Gasteiger partial charge on any atom is -0.495 e. The van der Waals surface area contributed by atoms with Gasteiger partial charge in [-0.15, -0.1) is 0 Å². The van der Waals surface area contributed by atoms with E-state index in [0.717, 1.165) is 15.8 Å². The van der Waals surface area contributed by atoms with Gasteiger partial charge in [0, 0.05) is 12.1 Å². The summed E-state index contributed by atoms with van der Waals surface area (Å²) < 4.78 is 11.7. The first kappa shape index (κ1) is 16.8. The van der Waals surface area contributed by atoms with Crippen LogP contribution in [0.25, 0.3) is 0 Å². The predicted octanol–water partition coefficient (Wildman–Crippen LogP) is 4.21. The standard InChI is InChI=1S/C15H22BrNO3/c1-6-17(14(18)20-15(2,3)4)10-11-8-7-9-12(16)13(11)19-5/h7-9H,6,10H2,1-5H3. The van der Waals surface area contributed by atoms with Crippen LogP contribution in [0.4, 0.5) is 4.79 Å². The van der Waals surface area contributed by atoms with Crippen LogP contribution in [0.3, 0.4) is 0 Å². The normalized spacial score (nSPS) is 11.1. The van der Waals surface area contributed by atoms with E-state index < -0.39 is 5.60 Å². The fourth-order valence-electron chi connectivity index (χ4n) is 1.74. The maximum absolute atomic E-state index is 12.1. The number of carbonyl (C=O) groups excluding carboxylic acids is 1. The maximum atomic E-state index is 12.1. The zero-order chi connectivity index (χ0) is 15.3. The molecule has 1 aromatic rings. The lowest BCUT2D eigenvalue weighted by Gasteiger charge is -2.27. The van der Waals surface area contributed by atoms with Gasteiger partial charge in [-0.3, -0.25) is 0 Å². The van der Waals surface area contributed by atoms with E-state index in [1.54, 1.807) is 12.0 Å². The zero-order valence-corrected chi connectivity index (χ0v) is 14.3. The smallest absolute Gasteiger partial charge is 0.410 e. The molecule has 5 heteroatoms. The number of nitrogens with zero attached hydrogens (tertiary/aromatic N) is 1. The minimum atomic E-state index is -0.494. The lowest BCUT2D eigenvalue weighted by molar-refractivity contribution is 0.0243. The molecule has 1 rings (SSSR count). The zero-order valence-electron chi connectivity index (χ0n) is 12.7. The Balaban J connectivity index is 2.89. The van der Waals surface area contributed by atoms with E-state index in [-0.39, 0.29) is 6.09 Å². The Morgan fingerprint density at radius 1 is 1.35 bits per heavy atom. The topological polar surface area (TPSA) is 38.8 Å². The first-order valence-electron chi connectivity index (χ1n) is 6.57. The van der Waals surface area contributed by atoms with Crippen LogP contribution in [0.2, 0.25) is 0 Å². The van der Waals surface area contributed by atoms with Crippen LogP contribution in [-0.4, -0.2) is 30.2 Å². The van der Waals surface area contributed by atoms with Crippen LogP contribution in [0.15, 0.2) is 22.7 Å². The van der Waals surface area contributed by atoms with Crippen LogP contribution in [0, 0.1) is 0 Å². The van der Waals surface area contributed by atoms with Crippen molar-refractivity contribution in [1.82, 2.24) is 4.90 Å². The summed E-state index contributed by atoms with van der Waals surface area (Å²) in [6, 6.07) is 5.77. The second-order valence-electron chi connectivity index (χ2n) is 5.43. The molecule has 0 bridgehead atoms. The van der Waals surface area contributed by atoms with Crippen molar-refractivity contribution < 1.29 is 14.3 Å². The van der Waals surface area contributed by atoms with E-state index in [4.69, 9.17) is 9.47 Å². The third-order valence-electron chi connectivity index (χ3n) is 2.65. The number of amides is 1. The van der Waals surface area contributed by atoms with Gasteiger partial charge in [-0.2, -0.15) is 0 Å². The molecule has 0 saturated heterocycles. The number of rotatable bonds is 4. The summed E-state index contributed by atoms with van der Waals surface area (Å²) in [5, 5.41) is 0. The number of para-hydroxylation sites is 1. The van der Waals surface area contributed by atoms with E-state index in [1.165, 1.54) is 0 Å². The van der Waals surface area contributed by atoms with Crippen molar-refractivity contribution in [3.8, 4) is 5.75 Å². The molecule has 0 aliphatic rings. The van der Waals surface area contributed by atoms with Crippen molar-refractivity contribution in [2.75, 3.05) is 13.7 Å². The third kappa shape index (κ3) is 4.71. The fraction of sp³-hybridized carbons (Fsp3) is 0.533. The highest BCUT2D eigenvalue weighted by atomic mass is 79.9. The molecule has 0 saturated carbocycles. The average molecular weight is 344 g/mol. The minimum absolute atomic E-state index is 0.318. The monoisotopic (exact) mass is 343 g/mol. The van der Waals surface area contributed by atoms with Crippen LogP contribution in [-0.2, 0) is 11.3 Å². The van der Waals surface area contributed by atoms with E-state index in [0.29, 0.717) is 13.1 Å². The third-order valence-corrected chi connectivity index (χ3v) is 3.27. The summed E-state index contributed by atoms with van der Waals surface area (Å²) in [7, 11) is 1.62. The number of hydrogen-bond acceptors (Lipinski definition) is 3. The molecule has 0 atom stereocenters. The first-order valence-corrected chi connectivity index (χ1v) is 7.37. The van der Waals surface area contributed by atoms with Crippen molar-refractivity contribution in [3.63, 3.8) is 0 Å². The number of methoxy groups -OCH3 is 1. The molecular weight excluding hydrogens is 322 g/mol. The van der Waals surface area contributed by atoms with Crippen molar-refractivity contribution in [3.05, 3.63) is 28.2 Å². The van der Waals surface area contributed by atoms with Crippen molar-refractivity contribution >= 4 is 22.0 Å². The molecule has 20 heavy (non-hydrogen) atoms. The van der Waals surface area contributed by atoms with Gasteiger partial charge in [0.05, 0.1) is 18.1 Å². The lowest BCUT2D eigenvalue weighted by Crippen LogP contribution is -2.36. The molecule has 1 amide bonds. The summed E-state index contributed by atoms with van der Waals surface area (Å²) in [6.45, 7) is 8.53. The summed E-state index contributed by atoms with van der Waals surface area (Å²) in [4.78, 5) is 13.8. The van der Waals surface area contributed by atoms with Gasteiger partial charge in [-0.1, -0.05) is 12.1 Å². The number of halogens is 1. The molecule has 0 fully saturated rings. The van der Waals surface area contributed by atoms with Gasteiger partial charge in [-0.05, 0) is 49.7 Å². The van der Waals surface area contributed by atoms with Crippen molar-refractivity contribution in [1.29, 1.82) is 0 Å². The number of carbonyl (C=O) groups is 1. The molecule has 0 aliphatic heterocycles. The summed E-state index contributed by atoms with van der Waals surface area (Å²) in [6.07, 6.45) is -0.318. The molecular formula is C15H22BrNO3. The Morgan fingerprint density at radius 3 is 2.50 bits per heavy atom. The number of benzene rings is 1. The Hall–Kier alpha value is -1.23. The molecule has 0 N–H and O–H groups in total. The number of hydrogen-bond donors (Lipinski definition) is 0. The van der Waals surface area contributed by atoms with Gasteiger partial charge < -0.3 is 14.4 Å². The largest absolute Gasteiger partial charge is 0.495 e. The van der Waals surface area contributed by atoms with Gasteiger partial charge in [0.15, 0.2) is 0 Å². The summed E-state index contributed by atoms with van der Waals surface area (Å²) in [5.74, 6) is 0.745. The second-order valence-corrected chi connectivity index (χ2v) is 6.28. The second kappa shape index (κ2) is 6.97. The van der Waals surface area contributed by atoms with Crippen LogP contribution in [0.1, 0.15) is 33.3 Å². The SMILES string of the molecule is CCN(Cc1cccc(Br)c1OC)C(=O)OC(C)(C)C. The predicted molar refractivity (Wildman–Crippen MR) is 83.0 cm³/mol. The molecule has 0 aromatic heterocycles. The summed E-state index contributed by atoms with van der Waals surface area (Å²) in [5.41, 5.74) is 0.445. The highest BCUT2D eigenvalue weighted by Crippen LogP contribution is 2.29. The molecule has 0 aliphatic carbocycles. The van der Waals surface area contributed by atoms with Gasteiger partial charge in [0.1, 0.15) is 11.4 Å². The first-order chi connectivity index (χ1) is 9.28. The summed E-state index contributed by atoms with van der Waals surface area (Å²) >= 11 is 3.45. The van der Waals surface area contributed by atoms with Gasteiger partial charge in [0.25, 0.3) is 0 Å². The Bertz CT molecular complexity index is 469. The van der Waals surface area contributed by atoms with Gasteiger partial charge in [-0.25, -0.2) is 4.79 Å².